The van der Waals surface area contributed by atoms with Gasteiger partial charge in [0.25, 0.3) is 0 Å². The second-order valence-electron chi connectivity index (χ2n) is 7.96. The van der Waals surface area contributed by atoms with Crippen molar-refractivity contribution < 1.29 is 14.4 Å². The van der Waals surface area contributed by atoms with E-state index in [0.717, 1.165) is 48.8 Å². The molecule has 2 aliphatic rings. The Bertz CT molecular complexity index is 797. The molecule has 28 heavy (non-hydrogen) atoms. The maximum absolute atomic E-state index is 12.4. The van der Waals surface area contributed by atoms with Gasteiger partial charge in [-0.25, -0.2) is 0 Å². The lowest BCUT2D eigenvalue weighted by molar-refractivity contribution is -0.120. The molecule has 0 spiro atoms. The van der Waals surface area contributed by atoms with E-state index >= 15 is 0 Å². The van der Waals surface area contributed by atoms with Gasteiger partial charge in [-0.05, 0) is 43.7 Å². The van der Waals surface area contributed by atoms with Gasteiger partial charge in [-0.3, -0.25) is 9.69 Å². The summed E-state index contributed by atoms with van der Waals surface area (Å²) in [6, 6.07) is 11.7. The smallest absolute Gasteiger partial charge is 0.230 e. The number of fused-ring (bicyclic) bond motifs is 1. The Morgan fingerprint density at radius 1 is 1.29 bits per heavy atom. The van der Waals surface area contributed by atoms with Crippen molar-refractivity contribution in [1.29, 1.82) is 0 Å². The van der Waals surface area contributed by atoms with Crippen LogP contribution in [0.25, 0.3) is 0 Å². The quantitative estimate of drug-likeness (QED) is 0.724. The van der Waals surface area contributed by atoms with E-state index in [2.05, 4.69) is 15.4 Å². The summed E-state index contributed by atoms with van der Waals surface area (Å²) >= 11 is 1.52. The van der Waals surface area contributed by atoms with Crippen LogP contribution in [-0.4, -0.2) is 52.1 Å². The number of aliphatic hydroxyl groups is 1. The second kappa shape index (κ2) is 8.68. The van der Waals surface area contributed by atoms with Gasteiger partial charge in [0.1, 0.15) is 5.76 Å². The fourth-order valence-corrected chi connectivity index (χ4v) is 5.18. The molecule has 1 saturated heterocycles. The van der Waals surface area contributed by atoms with Crippen LogP contribution in [0.3, 0.4) is 0 Å². The molecule has 1 aromatic carbocycles. The van der Waals surface area contributed by atoms with Crippen molar-refractivity contribution in [2.75, 3.05) is 18.8 Å². The fourth-order valence-electron chi connectivity index (χ4n) is 4.45. The highest BCUT2D eigenvalue weighted by atomic mass is 32.2. The average molecular weight is 402 g/mol. The Kier molecular flexibility index (Phi) is 6.04. The van der Waals surface area contributed by atoms with Crippen LogP contribution in [0.2, 0.25) is 0 Å². The van der Waals surface area contributed by atoms with Crippen LogP contribution in [0, 0.1) is 18.8 Å². The van der Waals surface area contributed by atoms with E-state index in [1.807, 2.05) is 43.3 Å². The van der Waals surface area contributed by atoms with Gasteiger partial charge in [0, 0.05) is 30.6 Å². The first-order chi connectivity index (χ1) is 13.6. The van der Waals surface area contributed by atoms with Crippen LogP contribution >= 0.6 is 11.8 Å². The minimum Gasteiger partial charge on any atom is -0.391 e. The molecule has 2 fully saturated rings. The van der Waals surface area contributed by atoms with Crippen LogP contribution in [0.5, 0.6) is 0 Å². The molecule has 2 aromatic rings. The summed E-state index contributed by atoms with van der Waals surface area (Å²) in [5, 5.41) is 17.7. The highest BCUT2D eigenvalue weighted by molar-refractivity contribution is 8.00. The third-order valence-electron chi connectivity index (χ3n) is 5.74. The van der Waals surface area contributed by atoms with Gasteiger partial charge in [-0.15, -0.1) is 11.8 Å². The van der Waals surface area contributed by atoms with E-state index in [9.17, 15) is 9.90 Å². The number of benzene rings is 1. The second-order valence-corrected chi connectivity index (χ2v) is 9.01. The summed E-state index contributed by atoms with van der Waals surface area (Å²) in [6.45, 7) is 4.64. The number of hydrogen-bond acceptors (Lipinski definition) is 6. The van der Waals surface area contributed by atoms with Gasteiger partial charge in [0.2, 0.25) is 5.91 Å². The average Bonchev–Trinajstić information content (AvgIpc) is 3.26. The molecule has 0 unspecified atom stereocenters. The van der Waals surface area contributed by atoms with Crippen LogP contribution in [0.4, 0.5) is 0 Å². The van der Waals surface area contributed by atoms with E-state index in [1.54, 1.807) is 0 Å². The van der Waals surface area contributed by atoms with Crippen LogP contribution < -0.4 is 5.32 Å². The molecular weight excluding hydrogens is 374 g/mol. The normalized spacial score (nSPS) is 27.5. The van der Waals surface area contributed by atoms with Gasteiger partial charge in [-0.2, -0.15) is 0 Å². The lowest BCUT2D eigenvalue weighted by Gasteiger charge is -2.35. The first-order valence-corrected chi connectivity index (χ1v) is 10.8. The maximum Gasteiger partial charge on any atom is 0.230 e. The van der Waals surface area contributed by atoms with Gasteiger partial charge >= 0.3 is 0 Å². The lowest BCUT2D eigenvalue weighted by atomic mass is 9.77. The molecule has 0 radical (unpaired) electrons. The number of aryl methyl sites for hydroxylation is 1. The maximum atomic E-state index is 12.4. The number of aliphatic hydroxyl groups excluding tert-OH is 1. The number of nitrogens with one attached hydrogen (secondary N) is 1. The molecule has 0 bridgehead atoms. The number of carbonyl (C=O) groups excluding carboxylic acids is 1. The monoisotopic (exact) mass is 401 g/mol. The molecular formula is C21H27N3O3S. The third kappa shape index (κ3) is 4.77. The number of hydrogen-bond donors (Lipinski definition) is 2. The minimum atomic E-state index is -0.471. The summed E-state index contributed by atoms with van der Waals surface area (Å²) in [6.07, 6.45) is 1.11. The number of carbonyl (C=O) groups is 1. The summed E-state index contributed by atoms with van der Waals surface area (Å²) in [5.41, 5.74) is 0.958. The highest BCUT2D eigenvalue weighted by Gasteiger charge is 2.42. The Balaban J connectivity index is 1.27. The predicted octanol–water partition coefficient (Wildman–Crippen LogP) is 2.46. The summed E-state index contributed by atoms with van der Waals surface area (Å²) < 4.78 is 5.16. The van der Waals surface area contributed by atoms with Crippen molar-refractivity contribution in [3.63, 3.8) is 0 Å². The molecule has 1 aliphatic heterocycles. The summed E-state index contributed by atoms with van der Waals surface area (Å²) in [7, 11) is 0. The van der Waals surface area contributed by atoms with Crippen molar-refractivity contribution in [3.8, 4) is 0 Å². The number of rotatable bonds is 6. The van der Waals surface area contributed by atoms with Crippen molar-refractivity contribution in [2.45, 2.75) is 43.4 Å². The van der Waals surface area contributed by atoms with Crippen molar-refractivity contribution >= 4 is 17.7 Å². The Labute approximate surface area is 169 Å². The Hall–Kier alpha value is -1.83. The third-order valence-corrected chi connectivity index (χ3v) is 6.75. The van der Waals surface area contributed by atoms with E-state index in [-0.39, 0.29) is 11.9 Å². The molecule has 1 amide bonds. The highest BCUT2D eigenvalue weighted by Crippen LogP contribution is 2.37. The standard InChI is InChI=1S/C21H27N3O3S/c1-14-7-17(23-27-14)12-24-10-15-8-19(20(25)9-16(15)11-24)22-21(26)13-28-18-5-3-2-4-6-18/h2-7,15-16,19-20,25H,8-13H2,1H3,(H,22,26)/t15-,16+,19-,20-/m0/s1. The predicted molar refractivity (Wildman–Crippen MR) is 108 cm³/mol. The number of aromatic nitrogens is 1. The largest absolute Gasteiger partial charge is 0.391 e. The Morgan fingerprint density at radius 2 is 2.04 bits per heavy atom. The molecule has 150 valence electrons. The van der Waals surface area contributed by atoms with E-state index in [0.29, 0.717) is 17.6 Å². The van der Waals surface area contributed by atoms with E-state index in [1.165, 1.54) is 11.8 Å². The molecule has 4 atom stereocenters. The van der Waals surface area contributed by atoms with Gasteiger partial charge in [0.15, 0.2) is 0 Å². The number of likely N-dealkylation sites (tertiary alicyclic amines) is 1. The summed E-state index contributed by atoms with van der Waals surface area (Å²) in [4.78, 5) is 15.8. The topological polar surface area (TPSA) is 78.6 Å². The minimum absolute atomic E-state index is 0.00993. The molecule has 4 rings (SSSR count). The van der Waals surface area contributed by atoms with E-state index < -0.39 is 6.10 Å². The first kappa shape index (κ1) is 19.5. The van der Waals surface area contributed by atoms with E-state index in [4.69, 9.17) is 4.52 Å². The Morgan fingerprint density at radius 3 is 2.75 bits per heavy atom. The van der Waals surface area contributed by atoms with Crippen molar-refractivity contribution in [1.82, 2.24) is 15.4 Å². The number of nitrogens with zero attached hydrogens (tertiary/aromatic N) is 2. The molecule has 6 nitrogen and oxygen atoms in total. The number of amides is 1. The van der Waals surface area contributed by atoms with Crippen molar-refractivity contribution in [3.05, 3.63) is 47.9 Å². The molecule has 1 saturated carbocycles. The fraction of sp³-hybridized carbons (Fsp3) is 0.524. The molecule has 1 aliphatic carbocycles. The van der Waals surface area contributed by atoms with Crippen LogP contribution in [0.1, 0.15) is 24.3 Å². The zero-order chi connectivity index (χ0) is 19.5. The van der Waals surface area contributed by atoms with Gasteiger partial charge in [-0.1, -0.05) is 23.4 Å². The zero-order valence-electron chi connectivity index (χ0n) is 16.1. The zero-order valence-corrected chi connectivity index (χ0v) is 16.9. The number of thioether (sulfide) groups is 1. The van der Waals surface area contributed by atoms with Gasteiger partial charge < -0.3 is 14.9 Å². The van der Waals surface area contributed by atoms with Crippen LogP contribution in [-0.2, 0) is 11.3 Å². The summed E-state index contributed by atoms with van der Waals surface area (Å²) in [5.74, 6) is 2.18. The SMILES string of the molecule is Cc1cc(CN2C[C@H]3C[C@H](O)[C@@H](NC(=O)CSc4ccccc4)C[C@H]3C2)no1. The van der Waals surface area contributed by atoms with Crippen molar-refractivity contribution in [2.24, 2.45) is 11.8 Å². The lowest BCUT2D eigenvalue weighted by Crippen LogP contribution is -2.49. The van der Waals surface area contributed by atoms with Crippen LogP contribution in [0.15, 0.2) is 45.8 Å². The molecule has 1 aromatic heterocycles. The first-order valence-electron chi connectivity index (χ1n) is 9.86. The molecule has 2 heterocycles. The molecule has 7 heteroatoms. The van der Waals surface area contributed by atoms with Gasteiger partial charge in [0.05, 0.1) is 23.6 Å². The molecule has 2 N–H and O–H groups in total.